The van der Waals surface area contributed by atoms with Crippen molar-refractivity contribution in [2.24, 2.45) is 0 Å². The molecule has 90 valence electrons. The Morgan fingerprint density at radius 3 is 1.94 bits per heavy atom. The predicted octanol–water partition coefficient (Wildman–Crippen LogP) is 2.89. The Balaban J connectivity index is 0.00000162. The zero-order valence-electron chi connectivity index (χ0n) is 9.45. The van der Waals surface area contributed by atoms with Gasteiger partial charge in [0.15, 0.2) is 0 Å². The van der Waals surface area contributed by atoms with Gasteiger partial charge in [-0.15, -0.1) is 12.6 Å². The molecule has 0 aliphatic heterocycles. The third-order valence-electron chi connectivity index (χ3n) is 2.36. The first kappa shape index (κ1) is 15.4. The van der Waals surface area contributed by atoms with Crippen LogP contribution in [0.1, 0.15) is 0 Å². The summed E-state index contributed by atoms with van der Waals surface area (Å²) >= 11 is 4.28. The summed E-state index contributed by atoms with van der Waals surface area (Å²) in [6.45, 7) is 0. The summed E-state index contributed by atoms with van der Waals surface area (Å²) in [5.74, 6) is 0. The van der Waals surface area contributed by atoms with Gasteiger partial charge in [0, 0.05) is 29.9 Å². The summed E-state index contributed by atoms with van der Waals surface area (Å²) in [6.07, 6.45) is 0. The summed E-state index contributed by atoms with van der Waals surface area (Å²) in [4.78, 5) is 0.546. The fourth-order valence-corrected chi connectivity index (χ4v) is 2.60. The van der Waals surface area contributed by atoms with E-state index in [9.17, 15) is 8.42 Å². The summed E-state index contributed by atoms with van der Waals surface area (Å²) in [5.41, 5.74) is 1.12. The second-order valence-electron chi connectivity index (χ2n) is 3.49. The average Bonchev–Trinajstić information content (AvgIpc) is 2.28. The Bertz CT molecular complexity index is 654. The second kappa shape index (κ2) is 5.98. The maximum atomic E-state index is 11.3. The minimum Gasteiger partial charge on any atom is -0.282 e. The SMILES string of the molecule is O=S(=O)(O)c1ccccc1-c1ccccc1S.[Zn]. The van der Waals surface area contributed by atoms with E-state index in [1.165, 1.54) is 6.07 Å². The quantitative estimate of drug-likeness (QED) is 0.505. The Hall–Kier alpha value is -0.677. The summed E-state index contributed by atoms with van der Waals surface area (Å²) in [7, 11) is -4.23. The first-order chi connectivity index (χ1) is 8.00. The van der Waals surface area contributed by atoms with Gasteiger partial charge < -0.3 is 0 Å². The van der Waals surface area contributed by atoms with Crippen LogP contribution in [0, 0.1) is 0 Å². The number of thiol groups is 1. The number of hydrogen-bond acceptors (Lipinski definition) is 3. The molecule has 0 fully saturated rings. The third kappa shape index (κ3) is 3.20. The topological polar surface area (TPSA) is 54.4 Å². The molecule has 0 bridgehead atoms. The van der Waals surface area contributed by atoms with Crippen molar-refractivity contribution in [1.29, 1.82) is 0 Å². The molecule has 0 amide bonds. The van der Waals surface area contributed by atoms with Crippen molar-refractivity contribution >= 4 is 22.7 Å². The molecule has 18 heavy (non-hydrogen) atoms. The van der Waals surface area contributed by atoms with Crippen molar-refractivity contribution in [3.05, 3.63) is 48.5 Å². The van der Waals surface area contributed by atoms with Crippen molar-refractivity contribution < 1.29 is 32.4 Å². The molecule has 2 aromatic carbocycles. The summed E-state index contributed by atoms with van der Waals surface area (Å²) < 4.78 is 31.7. The normalized spacial score (nSPS) is 10.8. The van der Waals surface area contributed by atoms with Gasteiger partial charge in [-0.2, -0.15) is 8.42 Å². The van der Waals surface area contributed by atoms with Crippen molar-refractivity contribution in [2.45, 2.75) is 9.79 Å². The van der Waals surface area contributed by atoms with Gasteiger partial charge in [-0.25, -0.2) is 0 Å². The van der Waals surface area contributed by atoms with Crippen LogP contribution in [0.3, 0.4) is 0 Å². The summed E-state index contributed by atoms with van der Waals surface area (Å²) in [5, 5.41) is 0. The average molecular weight is 332 g/mol. The van der Waals surface area contributed by atoms with E-state index in [2.05, 4.69) is 12.6 Å². The standard InChI is InChI=1S/C12H10O3S2.Zn/c13-17(14,15)12-8-4-2-6-10(12)9-5-1-3-7-11(9)16;/h1-8,16H,(H,13,14,15);. The fourth-order valence-electron chi connectivity index (χ4n) is 1.62. The van der Waals surface area contributed by atoms with Crippen LogP contribution in [0.5, 0.6) is 0 Å². The van der Waals surface area contributed by atoms with Crippen LogP contribution in [-0.2, 0) is 29.6 Å². The molecule has 0 radical (unpaired) electrons. The maximum absolute atomic E-state index is 11.3. The Morgan fingerprint density at radius 2 is 1.39 bits per heavy atom. The molecular weight excluding hydrogens is 322 g/mol. The third-order valence-corrected chi connectivity index (χ3v) is 3.66. The zero-order chi connectivity index (χ0) is 12.5. The van der Waals surface area contributed by atoms with Crippen LogP contribution in [0.2, 0.25) is 0 Å². The molecule has 0 aliphatic carbocycles. The van der Waals surface area contributed by atoms with Gasteiger partial charge in [0.25, 0.3) is 10.1 Å². The molecule has 0 atom stereocenters. The van der Waals surface area contributed by atoms with Gasteiger partial charge in [-0.3, -0.25) is 4.55 Å². The van der Waals surface area contributed by atoms with E-state index < -0.39 is 10.1 Å². The Labute approximate surface area is 124 Å². The van der Waals surface area contributed by atoms with Crippen molar-refractivity contribution in [1.82, 2.24) is 0 Å². The van der Waals surface area contributed by atoms with Crippen molar-refractivity contribution in [3.8, 4) is 11.1 Å². The number of rotatable bonds is 2. The molecule has 0 aromatic heterocycles. The van der Waals surface area contributed by atoms with Crippen LogP contribution in [0.15, 0.2) is 58.3 Å². The molecule has 2 aromatic rings. The van der Waals surface area contributed by atoms with E-state index >= 15 is 0 Å². The molecular formula is C12H10O3S2Zn. The van der Waals surface area contributed by atoms with Gasteiger partial charge in [-0.05, 0) is 17.7 Å². The first-order valence-electron chi connectivity index (χ1n) is 4.85. The van der Waals surface area contributed by atoms with Gasteiger partial charge >= 0.3 is 0 Å². The van der Waals surface area contributed by atoms with E-state index in [0.717, 1.165) is 0 Å². The molecule has 0 aliphatic rings. The van der Waals surface area contributed by atoms with Crippen LogP contribution in [0.25, 0.3) is 11.1 Å². The number of hydrogen-bond donors (Lipinski definition) is 2. The van der Waals surface area contributed by atoms with Crippen LogP contribution in [-0.4, -0.2) is 13.0 Å². The molecule has 1 N–H and O–H groups in total. The van der Waals surface area contributed by atoms with Crippen LogP contribution in [0.4, 0.5) is 0 Å². The minimum absolute atomic E-state index is 0. The molecule has 0 unspecified atom stereocenters. The van der Waals surface area contributed by atoms with Gasteiger partial charge in [0.2, 0.25) is 0 Å². The minimum atomic E-state index is -4.23. The Kier molecular flexibility index (Phi) is 5.11. The summed E-state index contributed by atoms with van der Waals surface area (Å²) in [6, 6.07) is 13.4. The van der Waals surface area contributed by atoms with Crippen molar-refractivity contribution in [3.63, 3.8) is 0 Å². The van der Waals surface area contributed by atoms with E-state index in [1.54, 1.807) is 36.4 Å². The largest absolute Gasteiger partial charge is 0.295 e. The van der Waals surface area contributed by atoms with E-state index in [-0.39, 0.29) is 24.4 Å². The molecule has 0 saturated carbocycles. The zero-order valence-corrected chi connectivity index (χ0v) is 14.1. The smallest absolute Gasteiger partial charge is 0.282 e. The molecule has 3 nitrogen and oxygen atoms in total. The van der Waals surface area contributed by atoms with E-state index in [4.69, 9.17) is 4.55 Å². The predicted molar refractivity (Wildman–Crippen MR) is 68.9 cm³/mol. The number of benzene rings is 2. The first-order valence-corrected chi connectivity index (χ1v) is 6.74. The van der Waals surface area contributed by atoms with Crippen LogP contribution >= 0.6 is 12.6 Å². The fraction of sp³-hybridized carbons (Fsp3) is 0. The molecule has 0 saturated heterocycles. The van der Waals surface area contributed by atoms with Crippen LogP contribution < -0.4 is 0 Å². The van der Waals surface area contributed by atoms with E-state index in [1.807, 2.05) is 6.07 Å². The molecule has 2 rings (SSSR count). The molecule has 6 heteroatoms. The second-order valence-corrected chi connectivity index (χ2v) is 5.36. The Morgan fingerprint density at radius 1 is 0.889 bits per heavy atom. The van der Waals surface area contributed by atoms with Gasteiger partial charge in [-0.1, -0.05) is 36.4 Å². The molecule has 0 spiro atoms. The maximum Gasteiger partial charge on any atom is 0.295 e. The van der Waals surface area contributed by atoms with E-state index in [0.29, 0.717) is 16.0 Å². The van der Waals surface area contributed by atoms with Gasteiger partial charge in [0.05, 0.1) is 0 Å². The van der Waals surface area contributed by atoms with Crippen molar-refractivity contribution in [2.75, 3.05) is 0 Å². The van der Waals surface area contributed by atoms with Gasteiger partial charge in [0.1, 0.15) is 4.90 Å². The monoisotopic (exact) mass is 330 g/mol. The molecule has 0 heterocycles.